The van der Waals surface area contributed by atoms with E-state index < -0.39 is 32.1 Å². The van der Waals surface area contributed by atoms with Crippen molar-refractivity contribution in [2.75, 3.05) is 13.1 Å². The average molecular weight is 525 g/mol. The second-order valence-electron chi connectivity index (χ2n) is 8.12. The van der Waals surface area contributed by atoms with Gasteiger partial charge in [0.15, 0.2) is 0 Å². The van der Waals surface area contributed by atoms with Gasteiger partial charge in [-0.05, 0) is 51.0 Å². The first-order valence-electron chi connectivity index (χ1n) is 11.2. The van der Waals surface area contributed by atoms with Crippen LogP contribution in [0.2, 0.25) is 0 Å². The van der Waals surface area contributed by atoms with Crippen molar-refractivity contribution in [2.45, 2.75) is 55.7 Å². The van der Waals surface area contributed by atoms with Gasteiger partial charge in [-0.15, -0.1) is 0 Å². The minimum absolute atomic E-state index is 0.0216. The fourth-order valence-corrected chi connectivity index (χ4v) is 4.91. The Morgan fingerprint density at radius 2 is 0.886 bits per heavy atom. The van der Waals surface area contributed by atoms with E-state index in [0.717, 1.165) is 30.4 Å². The standard InChI is InChI=1S/C23H32N4O6S2/c1-18-8-12-20(13-9-18)34(30,31)26-22(28)24-16-6-4-3-5-7-17-25-23(29)27-35(32,33)21-14-10-19(2)11-15-21/h8-15H,3-7,16-17H2,1-2H3,(H2,24,26,28)(H2,25,27,29). The number of urea groups is 2. The SMILES string of the molecule is Cc1ccc(S(=O)(=O)NC(=O)NCCCCCCCNC(=O)NS(=O)(=O)c2ccc(C)cc2)cc1. The summed E-state index contributed by atoms with van der Waals surface area (Å²) in [6.07, 6.45) is 3.79. The molecule has 0 heterocycles. The molecule has 0 aliphatic rings. The molecular weight excluding hydrogens is 492 g/mol. The van der Waals surface area contributed by atoms with Crippen LogP contribution in [0.15, 0.2) is 58.3 Å². The predicted molar refractivity (Wildman–Crippen MR) is 133 cm³/mol. The Labute approximate surface area is 207 Å². The van der Waals surface area contributed by atoms with Crippen molar-refractivity contribution in [2.24, 2.45) is 0 Å². The van der Waals surface area contributed by atoms with Crippen molar-refractivity contribution < 1.29 is 26.4 Å². The number of hydrogen-bond acceptors (Lipinski definition) is 6. The molecule has 0 bridgehead atoms. The second kappa shape index (κ2) is 13.1. The number of sulfonamides is 2. The number of aryl methyl sites for hydroxylation is 2. The predicted octanol–water partition coefficient (Wildman–Crippen LogP) is 2.93. The van der Waals surface area contributed by atoms with Gasteiger partial charge in [0.2, 0.25) is 0 Å². The Morgan fingerprint density at radius 3 is 1.23 bits per heavy atom. The third kappa shape index (κ3) is 9.95. The first kappa shape index (κ1) is 28.1. The minimum Gasteiger partial charge on any atom is -0.337 e. The van der Waals surface area contributed by atoms with E-state index in [4.69, 9.17) is 0 Å². The van der Waals surface area contributed by atoms with Gasteiger partial charge in [-0.2, -0.15) is 0 Å². The highest BCUT2D eigenvalue weighted by Gasteiger charge is 2.17. The summed E-state index contributed by atoms with van der Waals surface area (Å²) < 4.78 is 52.6. The molecule has 0 saturated heterocycles. The van der Waals surface area contributed by atoms with E-state index in [1.807, 2.05) is 23.3 Å². The summed E-state index contributed by atoms with van der Waals surface area (Å²) in [5, 5.41) is 5.05. The Balaban J connectivity index is 1.54. The van der Waals surface area contributed by atoms with Gasteiger partial charge < -0.3 is 10.6 Å². The zero-order chi connectivity index (χ0) is 25.9. The average Bonchev–Trinajstić information content (AvgIpc) is 2.78. The molecule has 192 valence electrons. The lowest BCUT2D eigenvalue weighted by Gasteiger charge is -2.09. The largest absolute Gasteiger partial charge is 0.337 e. The molecule has 0 radical (unpaired) electrons. The fourth-order valence-electron chi connectivity index (χ4n) is 3.05. The molecule has 4 N–H and O–H groups in total. The molecule has 0 aromatic heterocycles. The van der Waals surface area contributed by atoms with Crippen LogP contribution in [0.5, 0.6) is 0 Å². The fraction of sp³-hybridized carbons (Fsp3) is 0.391. The smallest absolute Gasteiger partial charge is 0.328 e. The zero-order valence-electron chi connectivity index (χ0n) is 19.8. The zero-order valence-corrected chi connectivity index (χ0v) is 21.5. The third-order valence-corrected chi connectivity index (χ3v) is 7.74. The van der Waals surface area contributed by atoms with Crippen LogP contribution >= 0.6 is 0 Å². The van der Waals surface area contributed by atoms with Gasteiger partial charge >= 0.3 is 12.1 Å². The summed E-state index contributed by atoms with van der Waals surface area (Å²) in [5.74, 6) is 0. The normalized spacial score (nSPS) is 11.5. The number of nitrogens with one attached hydrogen (secondary N) is 4. The highest BCUT2D eigenvalue weighted by atomic mass is 32.2. The maximum absolute atomic E-state index is 12.2. The van der Waals surface area contributed by atoms with E-state index in [9.17, 15) is 26.4 Å². The molecular formula is C23H32N4O6S2. The van der Waals surface area contributed by atoms with E-state index in [2.05, 4.69) is 10.6 Å². The second-order valence-corrected chi connectivity index (χ2v) is 11.5. The number of unbranched alkanes of at least 4 members (excludes halogenated alkanes) is 4. The summed E-state index contributed by atoms with van der Waals surface area (Å²) in [6.45, 7) is 4.33. The van der Waals surface area contributed by atoms with Gasteiger partial charge in [-0.3, -0.25) is 0 Å². The molecule has 2 rings (SSSR count). The summed E-state index contributed by atoms with van der Waals surface area (Å²) in [4.78, 5) is 23.7. The van der Waals surface area contributed by atoms with E-state index in [1.165, 1.54) is 24.3 Å². The Morgan fingerprint density at radius 1 is 0.571 bits per heavy atom. The first-order valence-corrected chi connectivity index (χ1v) is 14.2. The van der Waals surface area contributed by atoms with Crippen molar-refractivity contribution >= 4 is 32.1 Å². The van der Waals surface area contributed by atoms with Gasteiger partial charge in [0.1, 0.15) is 0 Å². The summed E-state index contributed by atoms with van der Waals surface area (Å²) >= 11 is 0. The molecule has 2 aromatic carbocycles. The van der Waals surface area contributed by atoms with Crippen LogP contribution in [0.25, 0.3) is 0 Å². The van der Waals surface area contributed by atoms with Crippen LogP contribution in [0, 0.1) is 13.8 Å². The highest BCUT2D eigenvalue weighted by Crippen LogP contribution is 2.10. The van der Waals surface area contributed by atoms with E-state index in [0.29, 0.717) is 25.9 Å². The van der Waals surface area contributed by atoms with Gasteiger partial charge in [0.05, 0.1) is 9.79 Å². The molecule has 12 heteroatoms. The minimum atomic E-state index is -3.91. The lowest BCUT2D eigenvalue weighted by Crippen LogP contribution is -2.39. The van der Waals surface area contributed by atoms with Crippen LogP contribution in [0.3, 0.4) is 0 Å². The van der Waals surface area contributed by atoms with Crippen molar-refractivity contribution in [3.8, 4) is 0 Å². The molecule has 10 nitrogen and oxygen atoms in total. The molecule has 0 saturated carbocycles. The molecule has 0 aliphatic carbocycles. The summed E-state index contributed by atoms with van der Waals surface area (Å²) in [7, 11) is -7.82. The van der Waals surface area contributed by atoms with Gasteiger partial charge in [0.25, 0.3) is 20.0 Å². The number of benzene rings is 2. The Bertz CT molecular complexity index is 1100. The van der Waals surface area contributed by atoms with Crippen LogP contribution in [0.4, 0.5) is 9.59 Å². The van der Waals surface area contributed by atoms with E-state index >= 15 is 0 Å². The Kier molecular flexibility index (Phi) is 10.5. The van der Waals surface area contributed by atoms with Gasteiger partial charge in [-0.1, -0.05) is 54.7 Å². The van der Waals surface area contributed by atoms with Crippen molar-refractivity contribution in [1.82, 2.24) is 20.1 Å². The molecule has 0 unspecified atom stereocenters. The van der Waals surface area contributed by atoms with Crippen LogP contribution in [-0.2, 0) is 20.0 Å². The molecule has 0 fully saturated rings. The Hall–Kier alpha value is -3.12. The van der Waals surface area contributed by atoms with E-state index in [1.54, 1.807) is 24.3 Å². The van der Waals surface area contributed by atoms with Crippen LogP contribution in [0.1, 0.15) is 43.2 Å². The maximum atomic E-state index is 12.2. The summed E-state index contributed by atoms with van der Waals surface area (Å²) in [5.41, 5.74) is 1.83. The number of amides is 4. The third-order valence-electron chi connectivity index (χ3n) is 5.04. The van der Waals surface area contributed by atoms with Crippen molar-refractivity contribution in [1.29, 1.82) is 0 Å². The van der Waals surface area contributed by atoms with Crippen LogP contribution < -0.4 is 20.1 Å². The van der Waals surface area contributed by atoms with Crippen molar-refractivity contribution in [3.63, 3.8) is 0 Å². The number of rotatable bonds is 12. The molecule has 35 heavy (non-hydrogen) atoms. The van der Waals surface area contributed by atoms with Crippen LogP contribution in [-0.4, -0.2) is 42.0 Å². The first-order chi connectivity index (χ1) is 16.5. The summed E-state index contributed by atoms with van der Waals surface area (Å²) in [6, 6.07) is 10.8. The monoisotopic (exact) mass is 524 g/mol. The van der Waals surface area contributed by atoms with Gasteiger partial charge in [-0.25, -0.2) is 35.9 Å². The molecule has 2 aromatic rings. The van der Waals surface area contributed by atoms with E-state index in [-0.39, 0.29) is 9.79 Å². The van der Waals surface area contributed by atoms with Crippen molar-refractivity contribution in [3.05, 3.63) is 59.7 Å². The maximum Gasteiger partial charge on any atom is 0.328 e. The van der Waals surface area contributed by atoms with Gasteiger partial charge in [0, 0.05) is 13.1 Å². The lowest BCUT2D eigenvalue weighted by molar-refractivity contribution is 0.245. The number of carbonyl (C=O) groups is 2. The number of carbonyl (C=O) groups excluding carboxylic acids is 2. The quantitative estimate of drug-likeness (QED) is 0.314. The molecule has 4 amide bonds. The number of hydrogen-bond donors (Lipinski definition) is 4. The molecule has 0 atom stereocenters. The topological polar surface area (TPSA) is 151 Å². The highest BCUT2D eigenvalue weighted by molar-refractivity contribution is 7.90. The molecule has 0 aliphatic heterocycles. The molecule has 0 spiro atoms. The lowest BCUT2D eigenvalue weighted by atomic mass is 10.1.